The number of urea groups is 1. The largest absolute Gasteiger partial charge is 0.478 e. The first-order valence-corrected chi connectivity index (χ1v) is 11.6. The van der Waals surface area contributed by atoms with Crippen LogP contribution in [0.5, 0.6) is 0 Å². The Morgan fingerprint density at radius 1 is 1.03 bits per heavy atom. The summed E-state index contributed by atoms with van der Waals surface area (Å²) in [5.41, 5.74) is 4.30. The van der Waals surface area contributed by atoms with Gasteiger partial charge in [0.25, 0.3) is 5.56 Å². The Morgan fingerprint density at radius 2 is 1.80 bits per heavy atom. The fourth-order valence-electron chi connectivity index (χ4n) is 4.13. The first kappa shape index (κ1) is 24.2. The van der Waals surface area contributed by atoms with Gasteiger partial charge in [0, 0.05) is 24.3 Å². The molecule has 1 aromatic heterocycles. The van der Waals surface area contributed by atoms with Gasteiger partial charge >= 0.3 is 12.0 Å². The molecule has 182 valence electrons. The number of nitrogens with zero attached hydrogens (tertiary/aromatic N) is 1. The van der Waals surface area contributed by atoms with Crippen LogP contribution in [0.4, 0.5) is 9.18 Å². The molecule has 8 heteroatoms. The van der Waals surface area contributed by atoms with Gasteiger partial charge in [-0.15, -0.1) is 0 Å². The number of aromatic nitrogens is 1. The Hall–Kier alpha value is -3.94. The number of nitrogens with one attached hydrogen (secondary N) is 2. The van der Waals surface area contributed by atoms with E-state index in [0.29, 0.717) is 29.8 Å². The topological polar surface area (TPSA) is 100 Å². The molecular weight excluding hydrogens is 449 g/mol. The molecule has 3 aromatic rings. The molecule has 7 nitrogen and oxygen atoms in total. The summed E-state index contributed by atoms with van der Waals surface area (Å²) in [6.45, 7) is 3.85. The highest BCUT2D eigenvalue weighted by atomic mass is 19.1. The first-order chi connectivity index (χ1) is 16.7. The molecule has 4 rings (SSSR count). The number of hydrogen-bond acceptors (Lipinski definition) is 3. The van der Waals surface area contributed by atoms with E-state index in [-0.39, 0.29) is 35.6 Å². The second-order valence-corrected chi connectivity index (χ2v) is 9.00. The minimum absolute atomic E-state index is 0.115. The van der Waals surface area contributed by atoms with Crippen LogP contribution in [-0.2, 0) is 19.4 Å². The highest BCUT2D eigenvalue weighted by Crippen LogP contribution is 2.20. The number of aromatic carboxylic acids is 1. The highest BCUT2D eigenvalue weighted by molar-refractivity contribution is 5.88. The van der Waals surface area contributed by atoms with Crippen LogP contribution >= 0.6 is 0 Å². The summed E-state index contributed by atoms with van der Waals surface area (Å²) in [7, 11) is 0. The van der Waals surface area contributed by atoms with Gasteiger partial charge in [0.15, 0.2) is 0 Å². The van der Waals surface area contributed by atoms with E-state index in [4.69, 9.17) is 0 Å². The SMILES string of the molecule is Cc1ccc(C(=O)O)cc1-n1c(C)cc(CCc2ccc(F)cc2CNC(=O)NC2CC2)cc1=O. The Labute approximate surface area is 202 Å². The van der Waals surface area contributed by atoms with Gasteiger partial charge in [0.05, 0.1) is 11.3 Å². The van der Waals surface area contributed by atoms with Crippen molar-refractivity contribution in [3.63, 3.8) is 0 Å². The van der Waals surface area contributed by atoms with E-state index in [1.165, 1.54) is 28.8 Å². The van der Waals surface area contributed by atoms with Crippen LogP contribution in [0.1, 0.15) is 51.1 Å². The minimum Gasteiger partial charge on any atom is -0.478 e. The third-order valence-electron chi connectivity index (χ3n) is 6.18. The number of halogens is 1. The van der Waals surface area contributed by atoms with E-state index in [2.05, 4.69) is 10.6 Å². The molecule has 1 aliphatic rings. The van der Waals surface area contributed by atoms with Crippen molar-refractivity contribution in [1.82, 2.24) is 15.2 Å². The number of carboxylic acids is 1. The number of carbonyl (C=O) groups is 2. The lowest BCUT2D eigenvalue weighted by Crippen LogP contribution is -2.36. The molecule has 0 radical (unpaired) electrons. The summed E-state index contributed by atoms with van der Waals surface area (Å²) in [6, 6.07) is 12.7. The average molecular weight is 478 g/mol. The van der Waals surface area contributed by atoms with Gasteiger partial charge in [-0.1, -0.05) is 12.1 Å². The summed E-state index contributed by atoms with van der Waals surface area (Å²) in [6.07, 6.45) is 3.10. The quantitative estimate of drug-likeness (QED) is 0.456. The van der Waals surface area contributed by atoms with Crippen molar-refractivity contribution < 1.29 is 19.1 Å². The third-order valence-corrected chi connectivity index (χ3v) is 6.18. The van der Waals surface area contributed by atoms with E-state index in [1.807, 2.05) is 19.9 Å². The number of carboxylic acid groups (broad SMARTS) is 1. The predicted molar refractivity (Wildman–Crippen MR) is 131 cm³/mol. The fourth-order valence-corrected chi connectivity index (χ4v) is 4.13. The van der Waals surface area contributed by atoms with Gasteiger partial charge in [-0.25, -0.2) is 14.0 Å². The number of benzene rings is 2. The summed E-state index contributed by atoms with van der Waals surface area (Å²) in [5.74, 6) is -1.42. The molecule has 35 heavy (non-hydrogen) atoms. The molecule has 1 fully saturated rings. The maximum Gasteiger partial charge on any atom is 0.335 e. The molecule has 1 saturated carbocycles. The summed E-state index contributed by atoms with van der Waals surface area (Å²) >= 11 is 0. The Balaban J connectivity index is 1.51. The zero-order valence-electron chi connectivity index (χ0n) is 19.7. The van der Waals surface area contributed by atoms with E-state index in [0.717, 1.165) is 29.5 Å². The van der Waals surface area contributed by atoms with Crippen molar-refractivity contribution in [2.45, 2.75) is 52.1 Å². The van der Waals surface area contributed by atoms with Crippen LogP contribution in [0, 0.1) is 19.7 Å². The lowest BCUT2D eigenvalue weighted by Gasteiger charge is -2.15. The number of amides is 2. The Bertz CT molecular complexity index is 1340. The van der Waals surface area contributed by atoms with Crippen molar-refractivity contribution in [3.8, 4) is 5.69 Å². The Kier molecular flexibility index (Phi) is 7.00. The second-order valence-electron chi connectivity index (χ2n) is 9.00. The van der Waals surface area contributed by atoms with Crippen LogP contribution in [0.15, 0.2) is 53.3 Å². The monoisotopic (exact) mass is 477 g/mol. The van der Waals surface area contributed by atoms with Gasteiger partial charge in [-0.2, -0.15) is 0 Å². The van der Waals surface area contributed by atoms with Crippen LogP contribution < -0.4 is 16.2 Å². The zero-order chi connectivity index (χ0) is 25.1. The zero-order valence-corrected chi connectivity index (χ0v) is 19.7. The first-order valence-electron chi connectivity index (χ1n) is 11.6. The van der Waals surface area contributed by atoms with Crippen molar-refractivity contribution in [1.29, 1.82) is 0 Å². The van der Waals surface area contributed by atoms with E-state index in [9.17, 15) is 23.9 Å². The van der Waals surface area contributed by atoms with Crippen LogP contribution in [0.25, 0.3) is 5.69 Å². The van der Waals surface area contributed by atoms with E-state index >= 15 is 0 Å². The smallest absolute Gasteiger partial charge is 0.335 e. The molecule has 0 bridgehead atoms. The normalized spacial score (nSPS) is 12.9. The van der Waals surface area contributed by atoms with Gasteiger partial charge in [-0.05, 0) is 92.1 Å². The number of rotatable bonds is 8. The van der Waals surface area contributed by atoms with Crippen LogP contribution in [0.2, 0.25) is 0 Å². The van der Waals surface area contributed by atoms with Gasteiger partial charge < -0.3 is 15.7 Å². The van der Waals surface area contributed by atoms with E-state index in [1.54, 1.807) is 18.2 Å². The average Bonchev–Trinajstić information content (AvgIpc) is 3.61. The summed E-state index contributed by atoms with van der Waals surface area (Å²) in [5, 5.41) is 15.0. The Morgan fingerprint density at radius 3 is 2.49 bits per heavy atom. The lowest BCUT2D eigenvalue weighted by molar-refractivity contribution is 0.0696. The number of hydrogen-bond donors (Lipinski definition) is 3. The predicted octanol–water partition coefficient (Wildman–Crippen LogP) is 4.04. The summed E-state index contributed by atoms with van der Waals surface area (Å²) in [4.78, 5) is 36.3. The van der Waals surface area contributed by atoms with Crippen molar-refractivity contribution in [2.75, 3.05) is 0 Å². The lowest BCUT2D eigenvalue weighted by atomic mass is 9.99. The maximum absolute atomic E-state index is 13.9. The molecule has 0 aliphatic heterocycles. The molecule has 0 spiro atoms. The third kappa shape index (κ3) is 5.95. The molecule has 0 atom stereocenters. The molecule has 1 heterocycles. The molecule has 2 aromatic carbocycles. The van der Waals surface area contributed by atoms with Crippen LogP contribution in [-0.4, -0.2) is 27.7 Å². The standard InChI is InChI=1S/C27H28FN3O4/c1-16-3-5-20(26(33)34)14-24(16)31-17(2)11-18(12-25(31)32)4-6-19-7-8-22(28)13-21(19)15-29-27(35)30-23-9-10-23/h3,5,7-8,11-14,23H,4,6,9-10,15H2,1-2H3,(H,33,34)(H2,29,30,35). The van der Waals surface area contributed by atoms with E-state index < -0.39 is 5.97 Å². The molecule has 0 saturated heterocycles. The minimum atomic E-state index is -1.05. The van der Waals surface area contributed by atoms with Gasteiger partial charge in [0.2, 0.25) is 0 Å². The molecule has 0 unspecified atom stereocenters. The molecule has 2 amide bonds. The molecular formula is C27H28FN3O4. The number of carbonyl (C=O) groups excluding carboxylic acids is 1. The fraction of sp³-hybridized carbons (Fsp3) is 0.296. The van der Waals surface area contributed by atoms with Crippen molar-refractivity contribution in [3.05, 3.63) is 98.2 Å². The molecule has 3 N–H and O–H groups in total. The highest BCUT2D eigenvalue weighted by Gasteiger charge is 2.23. The van der Waals surface area contributed by atoms with Gasteiger partial charge in [-0.3, -0.25) is 9.36 Å². The van der Waals surface area contributed by atoms with Crippen LogP contribution in [0.3, 0.4) is 0 Å². The van der Waals surface area contributed by atoms with Gasteiger partial charge in [0.1, 0.15) is 5.82 Å². The maximum atomic E-state index is 13.9. The summed E-state index contributed by atoms with van der Waals surface area (Å²) < 4.78 is 15.4. The second kappa shape index (κ2) is 10.1. The number of aryl methyl sites for hydroxylation is 4. The number of pyridine rings is 1. The van der Waals surface area contributed by atoms with Crippen molar-refractivity contribution in [2.24, 2.45) is 0 Å². The molecule has 1 aliphatic carbocycles. The van der Waals surface area contributed by atoms with Crippen molar-refractivity contribution >= 4 is 12.0 Å².